The Labute approximate surface area is 142 Å². The summed E-state index contributed by atoms with van der Waals surface area (Å²) >= 11 is 0. The van der Waals surface area contributed by atoms with Crippen LogP contribution in [0.5, 0.6) is 0 Å². The fraction of sp³-hybridized carbons (Fsp3) is 0.400. The van der Waals surface area contributed by atoms with Gasteiger partial charge in [0.05, 0.1) is 12.7 Å². The zero-order valence-electron chi connectivity index (χ0n) is 13.8. The number of rotatable bonds is 6. The van der Waals surface area contributed by atoms with E-state index in [2.05, 4.69) is 0 Å². The average Bonchev–Trinajstić information content (AvgIpc) is 3.09. The molecule has 0 radical (unpaired) electrons. The largest absolute Gasteiger partial charge is 0.390 e. The van der Waals surface area contributed by atoms with Crippen molar-refractivity contribution in [3.05, 3.63) is 71.8 Å². The van der Waals surface area contributed by atoms with Gasteiger partial charge in [-0.2, -0.15) is 0 Å². The van der Waals surface area contributed by atoms with Gasteiger partial charge in [0.2, 0.25) is 5.79 Å². The van der Waals surface area contributed by atoms with Crippen LogP contribution >= 0.6 is 0 Å². The van der Waals surface area contributed by atoms with E-state index in [0.29, 0.717) is 12.0 Å². The quantitative estimate of drug-likeness (QED) is 0.855. The summed E-state index contributed by atoms with van der Waals surface area (Å²) in [5.41, 5.74) is 1.46. The fourth-order valence-electron chi connectivity index (χ4n) is 3.15. The predicted octanol–water partition coefficient (Wildman–Crippen LogP) is 3.15. The number of aliphatic hydroxyl groups excluding tert-OH is 2. The lowest BCUT2D eigenvalue weighted by molar-refractivity contribution is -0.246. The van der Waals surface area contributed by atoms with Gasteiger partial charge >= 0.3 is 0 Å². The van der Waals surface area contributed by atoms with Crippen molar-refractivity contribution >= 4 is 0 Å². The molecule has 4 atom stereocenters. The van der Waals surface area contributed by atoms with E-state index in [4.69, 9.17) is 9.47 Å². The number of aliphatic hydroxyl groups is 2. The molecule has 0 aliphatic carbocycles. The van der Waals surface area contributed by atoms with Gasteiger partial charge in [0.15, 0.2) is 0 Å². The summed E-state index contributed by atoms with van der Waals surface area (Å²) in [6, 6.07) is 18.8. The van der Waals surface area contributed by atoms with Crippen LogP contribution in [0.2, 0.25) is 0 Å². The lowest BCUT2D eigenvalue weighted by Gasteiger charge is -2.34. The first-order valence-corrected chi connectivity index (χ1v) is 8.45. The van der Waals surface area contributed by atoms with E-state index in [1.54, 1.807) is 0 Å². The monoisotopic (exact) mass is 328 g/mol. The molecule has 4 nitrogen and oxygen atoms in total. The Morgan fingerprint density at radius 1 is 1.04 bits per heavy atom. The number of hydrogen-bond donors (Lipinski definition) is 2. The van der Waals surface area contributed by atoms with Crippen LogP contribution < -0.4 is 0 Å². The molecule has 0 aromatic heterocycles. The molecule has 24 heavy (non-hydrogen) atoms. The number of ether oxygens (including phenoxy) is 2. The second-order valence-electron chi connectivity index (χ2n) is 6.17. The van der Waals surface area contributed by atoms with Crippen molar-refractivity contribution < 1.29 is 19.7 Å². The van der Waals surface area contributed by atoms with Gasteiger partial charge in [0.25, 0.3) is 0 Å². The van der Waals surface area contributed by atoms with Gasteiger partial charge in [0.1, 0.15) is 12.2 Å². The first kappa shape index (κ1) is 17.1. The molecule has 1 aliphatic heterocycles. The van der Waals surface area contributed by atoms with E-state index in [1.165, 1.54) is 0 Å². The molecule has 2 aromatic rings. The summed E-state index contributed by atoms with van der Waals surface area (Å²) in [7, 11) is 0. The topological polar surface area (TPSA) is 58.9 Å². The van der Waals surface area contributed by atoms with E-state index in [1.807, 2.05) is 67.6 Å². The molecule has 1 saturated heterocycles. The average molecular weight is 328 g/mol. The molecule has 3 rings (SSSR count). The lowest BCUT2D eigenvalue weighted by atomic mass is 9.94. The minimum absolute atomic E-state index is 0.250. The van der Waals surface area contributed by atoms with Crippen molar-refractivity contribution in [3.8, 4) is 0 Å². The first-order valence-electron chi connectivity index (χ1n) is 8.45. The van der Waals surface area contributed by atoms with Crippen LogP contribution in [-0.4, -0.2) is 29.0 Å². The van der Waals surface area contributed by atoms with Crippen LogP contribution in [0.25, 0.3) is 0 Å². The molecule has 2 N–H and O–H groups in total. The van der Waals surface area contributed by atoms with Crippen molar-refractivity contribution in [2.45, 2.75) is 43.9 Å². The highest BCUT2D eigenvalue weighted by molar-refractivity contribution is 5.28. The second-order valence-corrected chi connectivity index (χ2v) is 6.17. The van der Waals surface area contributed by atoms with Crippen LogP contribution in [0, 0.1) is 0 Å². The summed E-state index contributed by atoms with van der Waals surface area (Å²) in [4.78, 5) is 0. The molecular weight excluding hydrogens is 304 g/mol. The smallest absolute Gasteiger partial charge is 0.226 e. The molecule has 0 bridgehead atoms. The number of benzene rings is 2. The second kappa shape index (κ2) is 7.45. The normalized spacial score (nSPS) is 26.2. The van der Waals surface area contributed by atoms with E-state index in [0.717, 1.165) is 12.0 Å². The molecule has 4 unspecified atom stereocenters. The first-order chi connectivity index (χ1) is 11.7. The zero-order valence-corrected chi connectivity index (χ0v) is 13.8. The molecule has 1 aliphatic rings. The minimum atomic E-state index is -1.30. The number of hydrogen-bond acceptors (Lipinski definition) is 4. The lowest BCUT2D eigenvalue weighted by Crippen LogP contribution is -2.37. The summed E-state index contributed by atoms with van der Waals surface area (Å²) in [6.45, 7) is 2.27. The molecule has 0 saturated carbocycles. The Balaban J connectivity index is 1.95. The maximum atomic E-state index is 11.0. The Hall–Kier alpha value is -1.72. The highest BCUT2D eigenvalue weighted by Gasteiger charge is 2.51. The van der Waals surface area contributed by atoms with E-state index in [-0.39, 0.29) is 6.61 Å². The summed E-state index contributed by atoms with van der Waals surface area (Å²) in [5.74, 6) is -1.30. The Morgan fingerprint density at radius 3 is 2.29 bits per heavy atom. The Morgan fingerprint density at radius 2 is 1.67 bits per heavy atom. The molecule has 4 heteroatoms. The van der Waals surface area contributed by atoms with E-state index in [9.17, 15) is 10.2 Å². The molecule has 1 heterocycles. The van der Waals surface area contributed by atoms with Gasteiger partial charge in [-0.3, -0.25) is 0 Å². The Bertz CT molecular complexity index is 631. The van der Waals surface area contributed by atoms with Crippen molar-refractivity contribution in [1.82, 2.24) is 0 Å². The van der Waals surface area contributed by atoms with Gasteiger partial charge < -0.3 is 19.7 Å². The third kappa shape index (κ3) is 3.23. The summed E-state index contributed by atoms with van der Waals surface area (Å²) in [6.07, 6.45) is -0.548. The molecule has 2 aromatic carbocycles. The van der Waals surface area contributed by atoms with Crippen LogP contribution in [0.15, 0.2) is 60.7 Å². The fourth-order valence-corrected chi connectivity index (χ4v) is 3.15. The van der Waals surface area contributed by atoms with Gasteiger partial charge in [-0.25, -0.2) is 0 Å². The summed E-state index contributed by atoms with van der Waals surface area (Å²) < 4.78 is 12.1. The van der Waals surface area contributed by atoms with Crippen molar-refractivity contribution in [2.75, 3.05) is 6.61 Å². The third-order valence-electron chi connectivity index (χ3n) is 4.45. The molecule has 0 spiro atoms. The molecule has 1 fully saturated rings. The van der Waals surface area contributed by atoms with Crippen molar-refractivity contribution in [3.63, 3.8) is 0 Å². The predicted molar refractivity (Wildman–Crippen MR) is 91.3 cm³/mol. The molecule has 0 amide bonds. The SMILES string of the molecule is CCCC(O)C1COC(c2ccccc2)(C(O)c2ccccc2)O1. The zero-order chi connectivity index (χ0) is 17.0. The maximum Gasteiger partial charge on any atom is 0.226 e. The van der Waals surface area contributed by atoms with Gasteiger partial charge in [-0.05, 0) is 12.0 Å². The highest BCUT2D eigenvalue weighted by atomic mass is 16.8. The third-order valence-corrected chi connectivity index (χ3v) is 4.45. The van der Waals surface area contributed by atoms with Crippen molar-refractivity contribution in [2.24, 2.45) is 0 Å². The maximum absolute atomic E-state index is 11.0. The summed E-state index contributed by atoms with van der Waals surface area (Å²) in [5, 5.41) is 21.3. The molecule has 128 valence electrons. The van der Waals surface area contributed by atoms with Gasteiger partial charge in [0, 0.05) is 5.56 Å². The van der Waals surface area contributed by atoms with Crippen LogP contribution in [-0.2, 0) is 15.3 Å². The van der Waals surface area contributed by atoms with Crippen molar-refractivity contribution in [1.29, 1.82) is 0 Å². The molecular formula is C20H24O4. The van der Waals surface area contributed by atoms with Gasteiger partial charge in [-0.1, -0.05) is 74.0 Å². The van der Waals surface area contributed by atoms with E-state index < -0.39 is 24.1 Å². The van der Waals surface area contributed by atoms with Crippen LogP contribution in [0.3, 0.4) is 0 Å². The van der Waals surface area contributed by atoms with Crippen LogP contribution in [0.4, 0.5) is 0 Å². The Kier molecular flexibility index (Phi) is 5.31. The standard InChI is InChI=1S/C20H24O4/c1-2-9-17(21)18-14-23-20(24-18,16-12-7-4-8-13-16)19(22)15-10-5-3-6-11-15/h3-8,10-13,17-19,21-22H,2,9,14H2,1H3. The highest BCUT2D eigenvalue weighted by Crippen LogP contribution is 2.45. The van der Waals surface area contributed by atoms with Crippen LogP contribution in [0.1, 0.15) is 37.0 Å². The van der Waals surface area contributed by atoms with E-state index >= 15 is 0 Å². The minimum Gasteiger partial charge on any atom is -0.390 e. The van der Waals surface area contributed by atoms with Gasteiger partial charge in [-0.15, -0.1) is 0 Å².